The van der Waals surface area contributed by atoms with Crippen molar-refractivity contribution in [2.75, 3.05) is 0 Å². The van der Waals surface area contributed by atoms with Gasteiger partial charge in [0, 0.05) is 23.6 Å². The van der Waals surface area contributed by atoms with E-state index in [1.165, 1.54) is 12.1 Å². The molecule has 0 saturated heterocycles. The molecule has 114 valence electrons. The Bertz CT molecular complexity index is 829. The van der Waals surface area contributed by atoms with Gasteiger partial charge in [0.15, 0.2) is 5.54 Å². The van der Waals surface area contributed by atoms with Crippen LogP contribution in [-0.4, -0.2) is 22.3 Å². The number of esters is 1. The Balaban J connectivity index is 1.62. The van der Waals surface area contributed by atoms with Crippen LogP contribution in [0.5, 0.6) is 0 Å². The van der Waals surface area contributed by atoms with Crippen LogP contribution in [0.2, 0.25) is 0 Å². The summed E-state index contributed by atoms with van der Waals surface area (Å²) in [5.41, 5.74) is 0.810. The smallest absolute Gasteiger partial charge is 0.341 e. The number of benzene rings is 2. The summed E-state index contributed by atoms with van der Waals surface area (Å²) in [4.78, 5) is 27.0. The summed E-state index contributed by atoms with van der Waals surface area (Å²) >= 11 is 0. The molecule has 2 aromatic carbocycles. The highest BCUT2D eigenvalue weighted by Crippen LogP contribution is 2.57. The van der Waals surface area contributed by atoms with Crippen molar-refractivity contribution in [1.82, 2.24) is 0 Å². The summed E-state index contributed by atoms with van der Waals surface area (Å²) in [6.07, 6.45) is 0.569. The van der Waals surface area contributed by atoms with Crippen LogP contribution in [0.15, 0.2) is 59.6 Å². The third-order valence-corrected chi connectivity index (χ3v) is 4.30. The van der Waals surface area contributed by atoms with E-state index in [0.717, 1.165) is 11.1 Å². The van der Waals surface area contributed by atoms with Gasteiger partial charge in [0.05, 0.1) is 4.92 Å². The number of carbonyl (C=O) groups is 1. The third-order valence-electron chi connectivity index (χ3n) is 4.30. The molecule has 2 aromatic rings. The van der Waals surface area contributed by atoms with E-state index >= 15 is 0 Å². The topological polar surface area (TPSA) is 81.8 Å². The molecule has 0 N–H and O–H groups in total. The number of nitrogens with zero attached hydrogens (tertiary/aromatic N) is 2. The number of rotatable bonds is 3. The maximum atomic E-state index is 12.3. The molecule has 23 heavy (non-hydrogen) atoms. The minimum atomic E-state index is -0.860. The van der Waals surface area contributed by atoms with Crippen molar-refractivity contribution in [3.05, 3.63) is 75.8 Å². The molecule has 0 radical (unpaired) electrons. The molecule has 2 unspecified atom stereocenters. The maximum absolute atomic E-state index is 12.3. The van der Waals surface area contributed by atoms with Crippen molar-refractivity contribution in [3.63, 3.8) is 0 Å². The van der Waals surface area contributed by atoms with Crippen LogP contribution in [0, 0.1) is 10.1 Å². The van der Waals surface area contributed by atoms with Gasteiger partial charge in [-0.15, -0.1) is 0 Å². The van der Waals surface area contributed by atoms with Gasteiger partial charge in [-0.05, 0) is 24.1 Å². The molecular formula is C17H12N2O4. The van der Waals surface area contributed by atoms with E-state index in [2.05, 4.69) is 4.99 Å². The molecule has 1 aliphatic carbocycles. The maximum Gasteiger partial charge on any atom is 0.341 e. The second-order valence-electron chi connectivity index (χ2n) is 5.70. The number of non-ortho nitro benzene ring substituents is 1. The molecule has 1 fully saturated rings. The first-order valence-electron chi connectivity index (χ1n) is 7.22. The zero-order valence-corrected chi connectivity index (χ0v) is 12.0. The normalized spacial score (nSPS) is 25.1. The van der Waals surface area contributed by atoms with Crippen LogP contribution in [0.3, 0.4) is 0 Å². The van der Waals surface area contributed by atoms with Crippen LogP contribution in [0.4, 0.5) is 5.69 Å². The minimum Gasteiger partial charge on any atom is -0.405 e. The number of cyclic esters (lactones) is 1. The van der Waals surface area contributed by atoms with Crippen molar-refractivity contribution in [1.29, 1.82) is 0 Å². The summed E-state index contributed by atoms with van der Waals surface area (Å²) in [5.74, 6) is -0.0864. The molecule has 0 aromatic heterocycles. The average molecular weight is 308 g/mol. The highest BCUT2D eigenvalue weighted by Gasteiger charge is 2.65. The summed E-state index contributed by atoms with van der Waals surface area (Å²) in [6, 6.07) is 15.5. The van der Waals surface area contributed by atoms with Gasteiger partial charge in [-0.25, -0.2) is 9.79 Å². The van der Waals surface area contributed by atoms with Crippen LogP contribution in [-0.2, 0) is 9.53 Å². The van der Waals surface area contributed by atoms with Crippen molar-refractivity contribution in [2.24, 2.45) is 4.99 Å². The van der Waals surface area contributed by atoms with Gasteiger partial charge in [-0.2, -0.15) is 0 Å². The van der Waals surface area contributed by atoms with Gasteiger partial charge in [0.2, 0.25) is 5.90 Å². The van der Waals surface area contributed by atoms with Crippen molar-refractivity contribution in [3.8, 4) is 0 Å². The Morgan fingerprint density at radius 2 is 1.83 bits per heavy atom. The summed E-state index contributed by atoms with van der Waals surface area (Å²) < 4.78 is 5.34. The number of nitro groups is 1. The van der Waals surface area contributed by atoms with Crippen LogP contribution < -0.4 is 0 Å². The lowest BCUT2D eigenvalue weighted by Crippen LogP contribution is -2.18. The van der Waals surface area contributed by atoms with Gasteiger partial charge in [0.25, 0.3) is 5.69 Å². The molecule has 1 aliphatic heterocycles. The van der Waals surface area contributed by atoms with E-state index in [1.54, 1.807) is 12.1 Å². The second-order valence-corrected chi connectivity index (χ2v) is 5.70. The van der Waals surface area contributed by atoms with Crippen molar-refractivity contribution in [2.45, 2.75) is 17.9 Å². The van der Waals surface area contributed by atoms with E-state index in [0.29, 0.717) is 12.3 Å². The fourth-order valence-electron chi connectivity index (χ4n) is 2.95. The largest absolute Gasteiger partial charge is 0.405 e. The van der Waals surface area contributed by atoms with Gasteiger partial charge in [-0.3, -0.25) is 10.1 Å². The van der Waals surface area contributed by atoms with Gasteiger partial charge >= 0.3 is 5.97 Å². The van der Waals surface area contributed by atoms with E-state index in [1.807, 2.05) is 30.3 Å². The van der Waals surface area contributed by atoms with Crippen LogP contribution in [0.1, 0.15) is 23.5 Å². The first kappa shape index (κ1) is 13.6. The molecule has 4 rings (SSSR count). The van der Waals surface area contributed by atoms with Crippen molar-refractivity contribution < 1.29 is 14.5 Å². The average Bonchev–Trinajstić information content (AvgIpc) is 3.21. The standard InChI is InChI=1S/C17H12N2O4/c20-16-17(18-15(23-16)12-4-2-1-3-5-12)10-14(17)11-6-8-13(9-7-11)19(21)22/h1-9,14H,10H2. The molecule has 1 saturated carbocycles. The van der Waals surface area contributed by atoms with E-state index in [9.17, 15) is 14.9 Å². The number of aliphatic imine (C=N–C) groups is 1. The molecule has 1 spiro atoms. The Kier molecular flexibility index (Phi) is 2.81. The Labute approximate surface area is 131 Å². The van der Waals surface area contributed by atoms with E-state index in [4.69, 9.17) is 4.74 Å². The minimum absolute atomic E-state index is 0.0333. The Hall–Kier alpha value is -3.02. The first-order valence-corrected chi connectivity index (χ1v) is 7.22. The highest BCUT2D eigenvalue weighted by atomic mass is 16.6. The van der Waals surface area contributed by atoms with E-state index in [-0.39, 0.29) is 17.6 Å². The molecule has 2 atom stereocenters. The molecule has 0 bridgehead atoms. The molecule has 0 amide bonds. The molecule has 6 nitrogen and oxygen atoms in total. The van der Waals surface area contributed by atoms with E-state index < -0.39 is 10.5 Å². The fraction of sp³-hybridized carbons (Fsp3) is 0.176. The number of nitro benzene ring substituents is 1. The molecular weight excluding hydrogens is 296 g/mol. The van der Waals surface area contributed by atoms with Gasteiger partial charge in [-0.1, -0.05) is 30.3 Å². The first-order chi connectivity index (χ1) is 11.1. The number of ether oxygens (including phenoxy) is 1. The SMILES string of the molecule is O=C1OC(c2ccccc2)=NC12CC2c1ccc([N+](=O)[O-])cc1. The Morgan fingerprint density at radius 1 is 1.13 bits per heavy atom. The zero-order chi connectivity index (χ0) is 16.0. The molecule has 2 aliphatic rings. The quantitative estimate of drug-likeness (QED) is 0.496. The highest BCUT2D eigenvalue weighted by molar-refractivity contribution is 6.09. The van der Waals surface area contributed by atoms with Crippen LogP contribution >= 0.6 is 0 Å². The molecule has 1 heterocycles. The summed E-state index contributed by atoms with van der Waals surface area (Å²) in [6.45, 7) is 0. The van der Waals surface area contributed by atoms with Crippen LogP contribution in [0.25, 0.3) is 0 Å². The lowest BCUT2D eigenvalue weighted by atomic mass is 10.1. The number of hydrogen-bond donors (Lipinski definition) is 0. The monoisotopic (exact) mass is 308 g/mol. The van der Waals surface area contributed by atoms with Gasteiger partial charge < -0.3 is 4.74 Å². The predicted octanol–water partition coefficient (Wildman–Crippen LogP) is 2.82. The lowest BCUT2D eigenvalue weighted by Gasteiger charge is -2.02. The molecule has 6 heteroatoms. The van der Waals surface area contributed by atoms with Gasteiger partial charge in [0.1, 0.15) is 0 Å². The lowest BCUT2D eigenvalue weighted by molar-refractivity contribution is -0.384. The predicted molar refractivity (Wildman–Crippen MR) is 82.3 cm³/mol. The number of carbonyl (C=O) groups excluding carboxylic acids is 1. The zero-order valence-electron chi connectivity index (χ0n) is 12.0. The fourth-order valence-corrected chi connectivity index (χ4v) is 2.95. The third kappa shape index (κ3) is 2.11. The Morgan fingerprint density at radius 3 is 2.48 bits per heavy atom. The second kappa shape index (κ2) is 4.74. The van der Waals surface area contributed by atoms with Crippen molar-refractivity contribution >= 4 is 17.6 Å². The summed E-state index contributed by atoms with van der Waals surface area (Å²) in [7, 11) is 0. The number of hydrogen-bond acceptors (Lipinski definition) is 5. The summed E-state index contributed by atoms with van der Waals surface area (Å²) in [5, 5.41) is 10.7.